The van der Waals surface area contributed by atoms with Crippen LogP contribution in [0.15, 0.2) is 35.6 Å². The predicted octanol–water partition coefficient (Wildman–Crippen LogP) is 2.17. The summed E-state index contributed by atoms with van der Waals surface area (Å²) in [4.78, 5) is 28.9. The lowest BCUT2D eigenvalue weighted by Crippen LogP contribution is -2.24. The number of carbonyl (C=O) groups is 2. The molecule has 0 aliphatic carbocycles. The fourth-order valence-electron chi connectivity index (χ4n) is 1.52. The minimum Gasteiger partial charge on any atom is -0.476 e. The van der Waals surface area contributed by atoms with Crippen LogP contribution < -0.4 is 5.32 Å². The van der Waals surface area contributed by atoms with Gasteiger partial charge in [0.25, 0.3) is 0 Å². The van der Waals surface area contributed by atoms with Crippen molar-refractivity contribution in [2.45, 2.75) is 11.7 Å². The van der Waals surface area contributed by atoms with Crippen LogP contribution in [0.2, 0.25) is 5.02 Å². The summed E-state index contributed by atoms with van der Waals surface area (Å²) in [7, 11) is 0. The standard InChI is InChI=1S/C13H12ClN3O3S/c14-9-3-1-2-8(4-9)5-15-11(18)7-21-13-16-6-10(17-13)12(19)20/h1-4,6H,5,7H2,(H,15,18)(H,16,17)(H,19,20). The average Bonchev–Trinajstić information content (AvgIpc) is 2.92. The van der Waals surface area contributed by atoms with Crippen LogP contribution >= 0.6 is 23.4 Å². The molecule has 1 aromatic carbocycles. The Morgan fingerprint density at radius 2 is 2.24 bits per heavy atom. The summed E-state index contributed by atoms with van der Waals surface area (Å²) >= 11 is 6.99. The van der Waals surface area contributed by atoms with Crippen LogP contribution in [0.25, 0.3) is 0 Å². The number of thioether (sulfide) groups is 1. The van der Waals surface area contributed by atoms with Crippen molar-refractivity contribution in [2.24, 2.45) is 0 Å². The molecule has 0 aliphatic rings. The molecule has 0 unspecified atom stereocenters. The molecule has 2 rings (SSSR count). The summed E-state index contributed by atoms with van der Waals surface area (Å²) < 4.78 is 0. The number of hydrogen-bond donors (Lipinski definition) is 3. The molecule has 110 valence electrons. The van der Waals surface area contributed by atoms with Crippen molar-refractivity contribution >= 4 is 35.2 Å². The first-order valence-corrected chi connectivity index (χ1v) is 7.33. The average molecular weight is 326 g/mol. The third kappa shape index (κ3) is 4.80. The van der Waals surface area contributed by atoms with Crippen molar-refractivity contribution in [3.63, 3.8) is 0 Å². The maximum atomic E-state index is 11.7. The van der Waals surface area contributed by atoms with E-state index in [1.807, 2.05) is 12.1 Å². The summed E-state index contributed by atoms with van der Waals surface area (Å²) in [5.74, 6) is -1.13. The van der Waals surface area contributed by atoms with E-state index in [1.165, 1.54) is 6.20 Å². The van der Waals surface area contributed by atoms with Gasteiger partial charge in [0.2, 0.25) is 5.91 Å². The normalized spacial score (nSPS) is 10.3. The topological polar surface area (TPSA) is 95.1 Å². The number of carbonyl (C=O) groups excluding carboxylic acids is 1. The maximum Gasteiger partial charge on any atom is 0.356 e. The Morgan fingerprint density at radius 1 is 1.43 bits per heavy atom. The fraction of sp³-hybridized carbons (Fsp3) is 0.154. The Hall–Kier alpha value is -1.99. The van der Waals surface area contributed by atoms with E-state index in [9.17, 15) is 9.59 Å². The number of benzene rings is 1. The van der Waals surface area contributed by atoms with E-state index in [-0.39, 0.29) is 17.4 Å². The van der Waals surface area contributed by atoms with Crippen LogP contribution in [0.1, 0.15) is 16.1 Å². The quantitative estimate of drug-likeness (QED) is 0.707. The molecule has 8 heteroatoms. The number of aromatic carboxylic acids is 1. The zero-order chi connectivity index (χ0) is 15.2. The highest BCUT2D eigenvalue weighted by molar-refractivity contribution is 7.99. The second-order valence-electron chi connectivity index (χ2n) is 4.09. The van der Waals surface area contributed by atoms with Crippen molar-refractivity contribution in [2.75, 3.05) is 5.75 Å². The molecule has 0 spiro atoms. The molecule has 1 amide bonds. The number of imidazole rings is 1. The van der Waals surface area contributed by atoms with Gasteiger partial charge in [0.1, 0.15) is 0 Å². The van der Waals surface area contributed by atoms with Gasteiger partial charge in [-0.05, 0) is 17.7 Å². The number of aromatic amines is 1. The lowest BCUT2D eigenvalue weighted by atomic mass is 10.2. The van der Waals surface area contributed by atoms with Gasteiger partial charge >= 0.3 is 5.97 Å². The number of halogens is 1. The Bertz CT molecular complexity index is 660. The molecular formula is C13H12ClN3O3S. The highest BCUT2D eigenvalue weighted by Crippen LogP contribution is 2.14. The first-order valence-electron chi connectivity index (χ1n) is 5.97. The summed E-state index contributed by atoms with van der Waals surface area (Å²) in [5.41, 5.74) is 0.837. The van der Waals surface area contributed by atoms with Crippen LogP contribution in [-0.4, -0.2) is 32.7 Å². The number of aromatic nitrogens is 2. The molecule has 3 N–H and O–H groups in total. The molecule has 21 heavy (non-hydrogen) atoms. The number of carboxylic acids is 1. The molecule has 6 nitrogen and oxygen atoms in total. The predicted molar refractivity (Wildman–Crippen MR) is 79.6 cm³/mol. The van der Waals surface area contributed by atoms with Gasteiger partial charge in [0, 0.05) is 17.8 Å². The minimum absolute atomic E-state index is 0.0724. The smallest absolute Gasteiger partial charge is 0.356 e. The molecule has 2 aromatic rings. The molecular weight excluding hydrogens is 314 g/mol. The SMILES string of the molecule is O=C(CSc1nc(C(=O)O)c[nH]1)NCc1cccc(Cl)c1. The summed E-state index contributed by atoms with van der Waals surface area (Å²) in [6, 6.07) is 7.22. The van der Waals surface area contributed by atoms with Crippen molar-refractivity contribution in [3.8, 4) is 0 Å². The maximum absolute atomic E-state index is 11.7. The summed E-state index contributed by atoms with van der Waals surface area (Å²) in [5, 5.41) is 12.5. The first kappa shape index (κ1) is 15.4. The Morgan fingerprint density at radius 3 is 2.90 bits per heavy atom. The lowest BCUT2D eigenvalue weighted by molar-refractivity contribution is -0.118. The van der Waals surface area contributed by atoms with Gasteiger partial charge in [0.05, 0.1) is 5.75 Å². The monoisotopic (exact) mass is 325 g/mol. The Balaban J connectivity index is 1.78. The number of rotatable bonds is 6. The van der Waals surface area contributed by atoms with E-state index in [0.717, 1.165) is 17.3 Å². The van der Waals surface area contributed by atoms with Crippen LogP contribution in [0.3, 0.4) is 0 Å². The molecule has 0 radical (unpaired) electrons. The number of H-pyrrole nitrogens is 1. The van der Waals surface area contributed by atoms with Crippen molar-refractivity contribution in [1.29, 1.82) is 0 Å². The van der Waals surface area contributed by atoms with E-state index in [1.54, 1.807) is 12.1 Å². The van der Waals surface area contributed by atoms with E-state index in [4.69, 9.17) is 16.7 Å². The Labute approximate surface area is 129 Å². The number of carboxylic acid groups (broad SMARTS) is 1. The molecule has 0 bridgehead atoms. The number of nitrogens with one attached hydrogen (secondary N) is 2. The Kier molecular flexibility index (Phi) is 5.24. The summed E-state index contributed by atoms with van der Waals surface area (Å²) in [6.45, 7) is 0.387. The molecule has 0 saturated carbocycles. The molecule has 1 aromatic heterocycles. The van der Waals surface area contributed by atoms with Crippen molar-refractivity contribution in [3.05, 3.63) is 46.7 Å². The third-order valence-corrected chi connectivity index (χ3v) is 3.62. The van der Waals surface area contributed by atoms with Crippen molar-refractivity contribution in [1.82, 2.24) is 15.3 Å². The van der Waals surface area contributed by atoms with Crippen LogP contribution in [-0.2, 0) is 11.3 Å². The van der Waals surface area contributed by atoms with E-state index < -0.39 is 5.97 Å². The third-order valence-electron chi connectivity index (χ3n) is 2.49. The van der Waals surface area contributed by atoms with Gasteiger partial charge in [-0.2, -0.15) is 0 Å². The van der Waals surface area contributed by atoms with E-state index in [0.29, 0.717) is 16.7 Å². The van der Waals surface area contributed by atoms with Crippen molar-refractivity contribution < 1.29 is 14.7 Å². The minimum atomic E-state index is -1.11. The largest absolute Gasteiger partial charge is 0.476 e. The number of nitrogens with zero attached hydrogens (tertiary/aromatic N) is 1. The molecule has 0 saturated heterocycles. The van der Waals surface area contributed by atoms with Gasteiger partial charge in [-0.1, -0.05) is 35.5 Å². The van der Waals surface area contributed by atoms with Gasteiger partial charge in [-0.15, -0.1) is 0 Å². The van der Waals surface area contributed by atoms with Crippen LogP contribution in [0.4, 0.5) is 0 Å². The van der Waals surface area contributed by atoms with Crippen LogP contribution in [0, 0.1) is 0 Å². The number of amides is 1. The highest BCUT2D eigenvalue weighted by atomic mass is 35.5. The zero-order valence-electron chi connectivity index (χ0n) is 10.8. The zero-order valence-corrected chi connectivity index (χ0v) is 12.4. The lowest BCUT2D eigenvalue weighted by Gasteiger charge is -2.04. The molecule has 0 fully saturated rings. The first-order chi connectivity index (χ1) is 10.0. The second kappa shape index (κ2) is 7.14. The number of hydrogen-bond acceptors (Lipinski definition) is 4. The second-order valence-corrected chi connectivity index (χ2v) is 5.49. The highest BCUT2D eigenvalue weighted by Gasteiger charge is 2.10. The van der Waals surface area contributed by atoms with E-state index in [2.05, 4.69) is 15.3 Å². The molecule has 1 heterocycles. The molecule has 0 atom stereocenters. The fourth-order valence-corrected chi connectivity index (χ4v) is 2.41. The van der Waals surface area contributed by atoms with Gasteiger partial charge in [-0.3, -0.25) is 4.79 Å². The van der Waals surface area contributed by atoms with Crippen LogP contribution in [0.5, 0.6) is 0 Å². The van der Waals surface area contributed by atoms with E-state index >= 15 is 0 Å². The van der Waals surface area contributed by atoms with Gasteiger partial charge in [-0.25, -0.2) is 9.78 Å². The summed E-state index contributed by atoms with van der Waals surface area (Å²) in [6.07, 6.45) is 1.29. The molecule has 0 aliphatic heterocycles. The van der Waals surface area contributed by atoms with Gasteiger partial charge < -0.3 is 15.4 Å². The van der Waals surface area contributed by atoms with Gasteiger partial charge in [0.15, 0.2) is 10.9 Å².